The van der Waals surface area contributed by atoms with E-state index >= 15 is 0 Å². The smallest absolute Gasteiger partial charge is 0.433 e. The average Bonchev–Trinajstić information content (AvgIpc) is 3.13. The summed E-state index contributed by atoms with van der Waals surface area (Å²) in [7, 11) is -4.79. The zero-order valence-electron chi connectivity index (χ0n) is 18.1. The fourth-order valence-electron chi connectivity index (χ4n) is 3.81. The Morgan fingerprint density at radius 1 is 1.00 bits per heavy atom. The van der Waals surface area contributed by atoms with Gasteiger partial charge in [0.2, 0.25) is 10.8 Å². The summed E-state index contributed by atoms with van der Waals surface area (Å²) < 4.78 is 68.7. The number of hydrogen-bond acceptors (Lipinski definition) is 5. The van der Waals surface area contributed by atoms with E-state index in [1.54, 1.807) is 0 Å². The minimum absolute atomic E-state index is 0.241. The van der Waals surface area contributed by atoms with E-state index in [9.17, 15) is 36.3 Å². The molecule has 0 saturated heterocycles. The fraction of sp³-hybridized carbons (Fsp3) is 0.174. The SMILES string of the molecule is CC1(Cl)C=C(C(F)(F)F)N=C2C1=CC(Cl)(C(=O)c1cccc(C(=O)O)c1)N2S(=O)(=O)c1ccccc1. The summed E-state index contributed by atoms with van der Waals surface area (Å²) >= 11 is 13.1. The highest BCUT2D eigenvalue weighted by atomic mass is 35.5. The summed E-state index contributed by atoms with van der Waals surface area (Å²) in [6, 6.07) is 11.2. The number of aliphatic imine (C=N–C) groups is 1. The van der Waals surface area contributed by atoms with Gasteiger partial charge >= 0.3 is 12.1 Å². The molecule has 7 nitrogen and oxygen atoms in total. The molecule has 2 atom stereocenters. The molecule has 2 aromatic rings. The molecule has 2 unspecified atom stereocenters. The summed E-state index contributed by atoms with van der Waals surface area (Å²) in [4.78, 5) is 23.6. The van der Waals surface area contributed by atoms with Crippen molar-refractivity contribution in [3.8, 4) is 0 Å². The van der Waals surface area contributed by atoms with E-state index in [1.165, 1.54) is 55.5 Å². The number of allylic oxidation sites excluding steroid dienone is 2. The number of carbonyl (C=O) groups is 2. The van der Waals surface area contributed by atoms with Crippen LogP contribution in [0.15, 0.2) is 87.9 Å². The molecule has 0 aromatic heterocycles. The molecular formula is C23H15Cl2F3N2O5S. The molecule has 2 aliphatic rings. The van der Waals surface area contributed by atoms with Gasteiger partial charge in [-0.1, -0.05) is 41.9 Å². The Bertz CT molecular complexity index is 1480. The van der Waals surface area contributed by atoms with Gasteiger partial charge < -0.3 is 5.11 Å². The van der Waals surface area contributed by atoms with E-state index in [-0.39, 0.29) is 21.6 Å². The van der Waals surface area contributed by atoms with Crippen molar-refractivity contribution < 1.29 is 36.3 Å². The van der Waals surface area contributed by atoms with Gasteiger partial charge in [0, 0.05) is 11.1 Å². The van der Waals surface area contributed by atoms with Crippen molar-refractivity contribution in [1.29, 1.82) is 0 Å². The first-order chi connectivity index (χ1) is 16.6. The van der Waals surface area contributed by atoms with Gasteiger partial charge in [0.25, 0.3) is 10.0 Å². The fourth-order valence-corrected chi connectivity index (χ4v) is 6.19. The van der Waals surface area contributed by atoms with Gasteiger partial charge in [-0.2, -0.15) is 13.2 Å². The van der Waals surface area contributed by atoms with E-state index < -0.39 is 49.4 Å². The Balaban J connectivity index is 1.99. The number of sulfonamides is 1. The van der Waals surface area contributed by atoms with Crippen molar-refractivity contribution in [2.24, 2.45) is 4.99 Å². The van der Waals surface area contributed by atoms with Gasteiger partial charge in [-0.05, 0) is 43.3 Å². The van der Waals surface area contributed by atoms with Crippen molar-refractivity contribution >= 4 is 50.8 Å². The molecule has 0 radical (unpaired) electrons. The second-order valence-electron chi connectivity index (χ2n) is 8.07. The van der Waals surface area contributed by atoms with Crippen molar-refractivity contribution in [3.05, 3.63) is 89.1 Å². The van der Waals surface area contributed by atoms with Crippen LogP contribution in [0.2, 0.25) is 0 Å². The molecule has 4 rings (SSSR count). The third-order valence-electron chi connectivity index (χ3n) is 5.49. The zero-order chi connectivity index (χ0) is 26.7. The van der Waals surface area contributed by atoms with E-state index in [4.69, 9.17) is 23.2 Å². The van der Waals surface area contributed by atoms with E-state index in [2.05, 4.69) is 4.99 Å². The Labute approximate surface area is 213 Å². The quantitative estimate of drug-likeness (QED) is 0.316. The Morgan fingerprint density at radius 2 is 1.61 bits per heavy atom. The number of carboxylic acids is 1. The number of nitrogens with zero attached hydrogens (tertiary/aromatic N) is 2. The summed E-state index contributed by atoms with van der Waals surface area (Å²) in [5.74, 6) is -3.25. The van der Waals surface area contributed by atoms with Crippen LogP contribution in [0.25, 0.3) is 0 Å². The minimum Gasteiger partial charge on any atom is -0.478 e. The van der Waals surface area contributed by atoms with Crippen molar-refractivity contribution in [3.63, 3.8) is 0 Å². The number of carbonyl (C=O) groups excluding carboxylic acids is 1. The monoisotopic (exact) mass is 558 g/mol. The van der Waals surface area contributed by atoms with Crippen LogP contribution in [0.1, 0.15) is 27.6 Å². The molecule has 0 bridgehead atoms. The Hall–Kier alpha value is -3.15. The number of aromatic carboxylic acids is 1. The molecule has 13 heteroatoms. The molecule has 0 amide bonds. The molecule has 0 aliphatic carbocycles. The molecular weight excluding hydrogens is 544 g/mol. The van der Waals surface area contributed by atoms with Gasteiger partial charge in [-0.15, -0.1) is 11.6 Å². The first kappa shape index (κ1) is 25.9. The predicted molar refractivity (Wildman–Crippen MR) is 126 cm³/mol. The van der Waals surface area contributed by atoms with Crippen LogP contribution >= 0.6 is 23.2 Å². The zero-order valence-corrected chi connectivity index (χ0v) is 20.5. The van der Waals surface area contributed by atoms with Crippen LogP contribution < -0.4 is 0 Å². The number of rotatable bonds is 5. The lowest BCUT2D eigenvalue weighted by atomic mass is 9.94. The van der Waals surface area contributed by atoms with Crippen LogP contribution in [0.3, 0.4) is 0 Å². The average molecular weight is 559 g/mol. The number of fused-ring (bicyclic) bond motifs is 1. The Kier molecular flexibility index (Phi) is 6.09. The number of benzene rings is 2. The van der Waals surface area contributed by atoms with Gasteiger partial charge in [0.15, 0.2) is 5.84 Å². The van der Waals surface area contributed by atoms with Crippen LogP contribution in [0.5, 0.6) is 0 Å². The molecule has 2 aliphatic heterocycles. The highest BCUT2D eigenvalue weighted by Gasteiger charge is 2.58. The van der Waals surface area contributed by atoms with Gasteiger partial charge in [0.05, 0.1) is 15.3 Å². The van der Waals surface area contributed by atoms with Gasteiger partial charge in [0.1, 0.15) is 5.70 Å². The standard InChI is InChI=1S/C23H15Cl2F3N2O5S/c1-21(24)12-17(23(26,27)28)29-19-16(21)11-22(25,18(31)13-6-5-7-14(10-13)20(32)33)30(19)36(34,35)15-8-3-2-4-9-15/h2-12H,1H3,(H,32,33). The molecule has 0 fully saturated rings. The predicted octanol–water partition coefficient (Wildman–Crippen LogP) is 4.99. The van der Waals surface area contributed by atoms with E-state index in [0.717, 1.165) is 12.1 Å². The molecule has 2 heterocycles. The summed E-state index contributed by atoms with van der Waals surface area (Å²) in [5.41, 5.74) is -2.30. The number of carboxylic acid groups (broad SMARTS) is 1. The summed E-state index contributed by atoms with van der Waals surface area (Å²) in [6.45, 7) is 1.17. The van der Waals surface area contributed by atoms with Gasteiger partial charge in [-0.3, -0.25) is 4.79 Å². The summed E-state index contributed by atoms with van der Waals surface area (Å²) in [6.07, 6.45) is -3.47. The maximum Gasteiger partial charge on any atom is 0.433 e. The number of Topliss-reactive ketones (excluding diaryl/α,β-unsaturated/α-hetero) is 1. The van der Waals surface area contributed by atoms with Crippen molar-refractivity contribution in [2.45, 2.75) is 27.9 Å². The Morgan fingerprint density at radius 3 is 2.19 bits per heavy atom. The third-order valence-corrected chi connectivity index (χ3v) is 8.16. The molecule has 188 valence electrons. The van der Waals surface area contributed by atoms with Crippen LogP contribution in [0, 0.1) is 0 Å². The maximum atomic E-state index is 13.7. The third kappa shape index (κ3) is 4.21. The lowest BCUT2D eigenvalue weighted by Crippen LogP contribution is -2.52. The van der Waals surface area contributed by atoms with Crippen LogP contribution in [-0.4, -0.2) is 51.5 Å². The number of ketones is 1. The number of amidine groups is 1. The van der Waals surface area contributed by atoms with Crippen molar-refractivity contribution in [1.82, 2.24) is 4.31 Å². The number of halogens is 5. The molecule has 0 saturated carbocycles. The normalized spacial score (nSPS) is 23.9. The summed E-state index contributed by atoms with van der Waals surface area (Å²) in [5, 5.41) is 9.28. The van der Waals surface area contributed by atoms with Crippen LogP contribution in [-0.2, 0) is 10.0 Å². The van der Waals surface area contributed by atoms with E-state index in [1.807, 2.05) is 0 Å². The highest BCUT2D eigenvalue weighted by Crippen LogP contribution is 2.49. The largest absolute Gasteiger partial charge is 0.478 e. The second kappa shape index (κ2) is 8.46. The number of alkyl halides is 5. The molecule has 0 spiro atoms. The first-order valence-electron chi connectivity index (χ1n) is 10.1. The lowest BCUT2D eigenvalue weighted by Gasteiger charge is -2.34. The van der Waals surface area contributed by atoms with E-state index in [0.29, 0.717) is 10.4 Å². The first-order valence-corrected chi connectivity index (χ1v) is 12.3. The number of hydrogen-bond donors (Lipinski definition) is 1. The highest BCUT2D eigenvalue weighted by molar-refractivity contribution is 7.90. The molecule has 36 heavy (non-hydrogen) atoms. The second-order valence-corrected chi connectivity index (χ2v) is 11.2. The topological polar surface area (TPSA) is 104 Å². The minimum atomic E-state index is -4.99. The maximum absolute atomic E-state index is 13.7. The molecule has 2 aromatic carbocycles. The van der Waals surface area contributed by atoms with Crippen LogP contribution in [0.4, 0.5) is 13.2 Å². The van der Waals surface area contributed by atoms with Gasteiger partial charge in [-0.25, -0.2) is 22.5 Å². The molecule has 1 N–H and O–H groups in total. The van der Waals surface area contributed by atoms with Crippen molar-refractivity contribution in [2.75, 3.05) is 0 Å². The lowest BCUT2D eigenvalue weighted by molar-refractivity contribution is -0.0929.